The number of benzene rings is 1. The minimum absolute atomic E-state index is 0.0342. The van der Waals surface area contributed by atoms with Gasteiger partial charge >= 0.3 is 0 Å². The minimum atomic E-state index is -3.85. The van der Waals surface area contributed by atoms with Crippen LogP contribution in [0.5, 0.6) is 10.8 Å². The molecule has 4 nitrogen and oxygen atoms in total. The molecule has 1 heterocycles. The van der Waals surface area contributed by atoms with E-state index in [1.807, 2.05) is 0 Å². The molecule has 0 aliphatic heterocycles. The van der Waals surface area contributed by atoms with Crippen molar-refractivity contribution in [3.05, 3.63) is 40.2 Å². The Bertz CT molecular complexity index is 904. The van der Waals surface area contributed by atoms with E-state index in [4.69, 9.17) is 16.3 Å². The Balaban J connectivity index is 2.12. The number of hydrogen-bond donors (Lipinski definition) is 1. The number of aliphatic hydroxyl groups is 1. The predicted octanol–water partition coefficient (Wildman–Crippen LogP) is 3.96. The smallest absolute Gasteiger partial charge is 0.281 e. The number of hydrogen-bond acceptors (Lipinski definition) is 5. The quantitative estimate of drug-likeness (QED) is 0.850. The third kappa shape index (κ3) is 3.01. The summed E-state index contributed by atoms with van der Waals surface area (Å²) in [7, 11) is -3.85. The monoisotopic (exact) mass is 398 g/mol. The summed E-state index contributed by atoms with van der Waals surface area (Å²) < 4.78 is 69.6. The van der Waals surface area contributed by atoms with Gasteiger partial charge in [-0.3, -0.25) is 0 Å². The van der Waals surface area contributed by atoms with Gasteiger partial charge in [-0.1, -0.05) is 22.9 Å². The van der Waals surface area contributed by atoms with Crippen molar-refractivity contribution in [1.29, 1.82) is 0 Å². The van der Waals surface area contributed by atoms with Crippen molar-refractivity contribution >= 4 is 32.8 Å². The van der Waals surface area contributed by atoms with Crippen molar-refractivity contribution in [3.63, 3.8) is 0 Å². The maximum atomic E-state index is 13.8. The molecule has 24 heavy (non-hydrogen) atoms. The summed E-state index contributed by atoms with van der Waals surface area (Å²) in [5, 5.41) is 9.67. The fourth-order valence-corrected chi connectivity index (χ4v) is 5.11. The molecule has 10 heteroatoms. The SMILES string of the molecule is CS(=O)(=O)c1sc(Oc2cc(F)cc(Cl)c2)c2c1C(O)C(F)(F)C2. The average Bonchev–Trinajstić information content (AvgIpc) is 2.85. The number of halogens is 4. The van der Waals surface area contributed by atoms with Crippen LogP contribution in [0.4, 0.5) is 13.2 Å². The van der Waals surface area contributed by atoms with Crippen LogP contribution in [0.2, 0.25) is 5.02 Å². The lowest BCUT2D eigenvalue weighted by Gasteiger charge is -2.14. The van der Waals surface area contributed by atoms with E-state index in [2.05, 4.69) is 0 Å². The topological polar surface area (TPSA) is 63.6 Å². The van der Waals surface area contributed by atoms with Crippen LogP contribution in [0.25, 0.3) is 0 Å². The van der Waals surface area contributed by atoms with Crippen molar-refractivity contribution in [2.45, 2.75) is 22.7 Å². The first-order valence-electron chi connectivity index (χ1n) is 6.54. The van der Waals surface area contributed by atoms with E-state index in [1.165, 1.54) is 6.07 Å². The number of thiophene rings is 1. The molecule has 0 fully saturated rings. The molecule has 0 amide bonds. The van der Waals surface area contributed by atoms with Crippen LogP contribution in [0.3, 0.4) is 0 Å². The van der Waals surface area contributed by atoms with Crippen molar-refractivity contribution in [2.24, 2.45) is 0 Å². The molecule has 1 aromatic heterocycles. The highest BCUT2D eigenvalue weighted by Crippen LogP contribution is 2.54. The van der Waals surface area contributed by atoms with Gasteiger partial charge in [0.1, 0.15) is 21.9 Å². The zero-order chi connectivity index (χ0) is 17.9. The van der Waals surface area contributed by atoms with Crippen LogP contribution in [0, 0.1) is 5.82 Å². The van der Waals surface area contributed by atoms with Crippen LogP contribution in [-0.4, -0.2) is 25.7 Å². The van der Waals surface area contributed by atoms with E-state index in [0.29, 0.717) is 11.3 Å². The zero-order valence-corrected chi connectivity index (χ0v) is 14.4. The van der Waals surface area contributed by atoms with Gasteiger partial charge < -0.3 is 9.84 Å². The Labute approximate surface area is 144 Å². The molecule has 1 unspecified atom stereocenters. The second kappa shape index (κ2) is 5.62. The van der Waals surface area contributed by atoms with Crippen molar-refractivity contribution in [2.75, 3.05) is 6.26 Å². The Hall–Kier alpha value is -1.29. The van der Waals surface area contributed by atoms with E-state index in [0.717, 1.165) is 18.4 Å². The zero-order valence-electron chi connectivity index (χ0n) is 12.0. The number of aliphatic hydroxyl groups excluding tert-OH is 1. The molecule has 0 spiro atoms. The van der Waals surface area contributed by atoms with E-state index in [1.54, 1.807) is 0 Å². The van der Waals surface area contributed by atoms with Crippen LogP contribution in [0.15, 0.2) is 22.4 Å². The van der Waals surface area contributed by atoms with Gasteiger partial charge in [-0.2, -0.15) is 0 Å². The molecule has 0 saturated heterocycles. The molecule has 0 bridgehead atoms. The van der Waals surface area contributed by atoms with Crippen LogP contribution < -0.4 is 4.74 Å². The number of alkyl halides is 2. The Morgan fingerprint density at radius 2 is 2.04 bits per heavy atom. The van der Waals surface area contributed by atoms with Gasteiger partial charge in [0.2, 0.25) is 0 Å². The van der Waals surface area contributed by atoms with Gasteiger partial charge in [0, 0.05) is 34.9 Å². The van der Waals surface area contributed by atoms with Crippen LogP contribution in [-0.2, 0) is 16.3 Å². The molecule has 1 atom stereocenters. The molecule has 130 valence electrons. The number of sulfone groups is 1. The molecule has 0 radical (unpaired) electrons. The lowest BCUT2D eigenvalue weighted by Crippen LogP contribution is -2.22. The Morgan fingerprint density at radius 1 is 1.38 bits per heavy atom. The summed E-state index contributed by atoms with van der Waals surface area (Å²) in [6.07, 6.45) is -2.25. The van der Waals surface area contributed by atoms with E-state index in [-0.39, 0.29) is 31.2 Å². The maximum Gasteiger partial charge on any atom is 0.281 e. The fraction of sp³-hybridized carbons (Fsp3) is 0.286. The molecular formula is C14H10ClF3O4S2. The third-order valence-electron chi connectivity index (χ3n) is 3.45. The summed E-state index contributed by atoms with van der Waals surface area (Å²) in [6.45, 7) is 0. The number of fused-ring (bicyclic) bond motifs is 1. The highest BCUT2D eigenvalue weighted by molar-refractivity contribution is 7.92. The lowest BCUT2D eigenvalue weighted by atomic mass is 10.2. The highest BCUT2D eigenvalue weighted by atomic mass is 35.5. The van der Waals surface area contributed by atoms with E-state index >= 15 is 0 Å². The van der Waals surface area contributed by atoms with Crippen molar-refractivity contribution in [1.82, 2.24) is 0 Å². The second-order valence-corrected chi connectivity index (χ2v) is 9.02. The molecule has 1 aliphatic rings. The van der Waals surface area contributed by atoms with Crippen molar-refractivity contribution in [3.8, 4) is 10.8 Å². The summed E-state index contributed by atoms with van der Waals surface area (Å²) >= 11 is 6.32. The van der Waals surface area contributed by atoms with Crippen LogP contribution >= 0.6 is 22.9 Å². The average molecular weight is 399 g/mol. The van der Waals surface area contributed by atoms with Gasteiger partial charge in [-0.25, -0.2) is 21.6 Å². The lowest BCUT2D eigenvalue weighted by molar-refractivity contribution is -0.0976. The molecule has 3 rings (SSSR count). The Kier molecular flexibility index (Phi) is 4.10. The summed E-state index contributed by atoms with van der Waals surface area (Å²) in [4.78, 5) is 0. The second-order valence-electron chi connectivity index (χ2n) is 5.39. The first kappa shape index (κ1) is 17.5. The van der Waals surface area contributed by atoms with Gasteiger partial charge in [0.25, 0.3) is 5.92 Å². The molecule has 2 aromatic rings. The maximum absolute atomic E-state index is 13.8. The first-order chi connectivity index (χ1) is 11.0. The fourth-order valence-electron chi connectivity index (χ4n) is 2.47. The van der Waals surface area contributed by atoms with Gasteiger partial charge in [-0.05, 0) is 12.1 Å². The molecule has 0 saturated carbocycles. The van der Waals surface area contributed by atoms with E-state index < -0.39 is 34.1 Å². The largest absolute Gasteiger partial charge is 0.446 e. The summed E-state index contributed by atoms with van der Waals surface area (Å²) in [5.41, 5.74) is -0.455. The van der Waals surface area contributed by atoms with Gasteiger partial charge in [-0.15, -0.1) is 0 Å². The predicted molar refractivity (Wildman–Crippen MR) is 82.5 cm³/mol. The highest BCUT2D eigenvalue weighted by Gasteiger charge is 2.52. The molecule has 1 aromatic carbocycles. The molecule has 1 aliphatic carbocycles. The van der Waals surface area contributed by atoms with Crippen LogP contribution in [0.1, 0.15) is 17.2 Å². The minimum Gasteiger partial charge on any atom is -0.446 e. The van der Waals surface area contributed by atoms with E-state index in [9.17, 15) is 26.7 Å². The summed E-state index contributed by atoms with van der Waals surface area (Å²) in [6, 6.07) is 3.29. The molecular weight excluding hydrogens is 389 g/mol. The molecule has 1 N–H and O–H groups in total. The number of ether oxygens (including phenoxy) is 1. The Morgan fingerprint density at radius 3 is 2.62 bits per heavy atom. The normalized spacial score (nSPS) is 19.3. The van der Waals surface area contributed by atoms with Crippen molar-refractivity contribution < 1.29 is 31.4 Å². The third-order valence-corrected chi connectivity index (χ3v) is 6.64. The summed E-state index contributed by atoms with van der Waals surface area (Å²) in [5.74, 6) is -4.26. The van der Waals surface area contributed by atoms with Gasteiger partial charge in [0.15, 0.2) is 14.9 Å². The standard InChI is InChI=1S/C14H10ClF3O4S2/c1-24(20,21)13-10-9(5-14(17,18)11(10)19)12(23-13)22-8-3-6(15)2-7(16)4-8/h2-4,11,19H,5H2,1H3. The first-order valence-corrected chi connectivity index (χ1v) is 9.63. The number of rotatable bonds is 3. The van der Waals surface area contributed by atoms with Gasteiger partial charge in [0.05, 0.1) is 0 Å².